The zero-order valence-electron chi connectivity index (χ0n) is 14.7. The van der Waals surface area contributed by atoms with Crippen molar-refractivity contribution in [2.75, 3.05) is 17.3 Å². The molecule has 2 aromatic carbocycles. The first-order chi connectivity index (χ1) is 11.8. The molecule has 0 aliphatic heterocycles. The van der Waals surface area contributed by atoms with Crippen LogP contribution in [0.3, 0.4) is 0 Å². The average Bonchev–Trinajstić information content (AvgIpc) is 2.55. The van der Waals surface area contributed by atoms with Crippen LogP contribution in [0.4, 0.5) is 11.4 Å². The summed E-state index contributed by atoms with van der Waals surface area (Å²) in [5.41, 5.74) is 1.75. The summed E-state index contributed by atoms with van der Waals surface area (Å²) in [4.78, 5) is 25.7. The van der Waals surface area contributed by atoms with Crippen molar-refractivity contribution in [2.45, 2.75) is 26.9 Å². The van der Waals surface area contributed by atoms with Crippen LogP contribution >= 0.6 is 15.9 Å². The van der Waals surface area contributed by atoms with Gasteiger partial charge in [-0.05, 0) is 50.2 Å². The molecule has 1 N–H and O–H groups in total. The molecule has 0 saturated carbocycles. The zero-order chi connectivity index (χ0) is 18.6. The van der Waals surface area contributed by atoms with E-state index in [1.807, 2.05) is 26.0 Å². The zero-order valence-corrected chi connectivity index (χ0v) is 16.3. The van der Waals surface area contributed by atoms with E-state index in [0.717, 1.165) is 4.47 Å². The second kappa shape index (κ2) is 8.16. The fourth-order valence-corrected chi connectivity index (χ4v) is 2.57. The van der Waals surface area contributed by atoms with Crippen LogP contribution in [0.25, 0.3) is 0 Å². The first-order valence-corrected chi connectivity index (χ1v) is 8.69. The Labute approximate surface area is 156 Å². The Balaban J connectivity index is 2.27. The Morgan fingerprint density at radius 3 is 2.52 bits per heavy atom. The summed E-state index contributed by atoms with van der Waals surface area (Å²) in [5, 5.41) is 2.86. The van der Waals surface area contributed by atoms with Gasteiger partial charge < -0.3 is 15.0 Å². The third-order valence-electron chi connectivity index (χ3n) is 3.51. The van der Waals surface area contributed by atoms with Crippen molar-refractivity contribution in [3.05, 3.63) is 52.5 Å². The third kappa shape index (κ3) is 5.06. The lowest BCUT2D eigenvalue weighted by molar-refractivity contribution is -0.116. The Morgan fingerprint density at radius 1 is 1.16 bits per heavy atom. The third-order valence-corrected chi connectivity index (χ3v) is 4.01. The minimum absolute atomic E-state index is 0.0414. The maximum absolute atomic E-state index is 12.7. The molecule has 2 aromatic rings. The normalized spacial score (nSPS) is 10.5. The van der Waals surface area contributed by atoms with E-state index in [9.17, 15) is 9.59 Å². The van der Waals surface area contributed by atoms with Crippen LogP contribution in [-0.2, 0) is 4.79 Å². The van der Waals surface area contributed by atoms with Crippen LogP contribution in [0.1, 0.15) is 31.1 Å². The standard InChI is InChI=1S/C19H21BrN2O3/c1-12(2)25-18-9-8-14(20)10-17(18)19(24)21-15-6-5-7-16(11-15)22(4)13(3)23/h5-12H,1-4H3,(H,21,24). The van der Waals surface area contributed by atoms with Crippen molar-refractivity contribution in [2.24, 2.45) is 0 Å². The lowest BCUT2D eigenvalue weighted by Crippen LogP contribution is -2.23. The lowest BCUT2D eigenvalue weighted by atomic mass is 10.1. The van der Waals surface area contributed by atoms with E-state index >= 15 is 0 Å². The van der Waals surface area contributed by atoms with Gasteiger partial charge in [-0.25, -0.2) is 0 Å². The fraction of sp³-hybridized carbons (Fsp3) is 0.263. The molecule has 0 bridgehead atoms. The molecule has 2 rings (SSSR count). The highest BCUT2D eigenvalue weighted by Gasteiger charge is 2.15. The highest BCUT2D eigenvalue weighted by Crippen LogP contribution is 2.26. The molecule has 2 amide bonds. The van der Waals surface area contributed by atoms with E-state index < -0.39 is 0 Å². The Hall–Kier alpha value is -2.34. The SMILES string of the molecule is CC(=O)N(C)c1cccc(NC(=O)c2cc(Br)ccc2OC(C)C)c1. The van der Waals surface area contributed by atoms with Gasteiger partial charge in [-0.2, -0.15) is 0 Å². The summed E-state index contributed by atoms with van der Waals surface area (Å²) in [6.07, 6.45) is -0.0414. The molecule has 6 heteroatoms. The Kier molecular flexibility index (Phi) is 6.20. The number of hydrogen-bond acceptors (Lipinski definition) is 3. The first-order valence-electron chi connectivity index (χ1n) is 7.90. The van der Waals surface area contributed by atoms with Gasteiger partial charge in [0.25, 0.3) is 5.91 Å². The molecule has 132 valence electrons. The van der Waals surface area contributed by atoms with E-state index in [2.05, 4.69) is 21.2 Å². The van der Waals surface area contributed by atoms with Gasteiger partial charge in [0.2, 0.25) is 5.91 Å². The minimum atomic E-state index is -0.278. The van der Waals surface area contributed by atoms with E-state index in [1.165, 1.54) is 11.8 Å². The number of nitrogens with zero attached hydrogens (tertiary/aromatic N) is 1. The smallest absolute Gasteiger partial charge is 0.259 e. The van der Waals surface area contributed by atoms with E-state index in [-0.39, 0.29) is 17.9 Å². The molecule has 0 atom stereocenters. The molecule has 0 radical (unpaired) electrons. The van der Waals surface area contributed by atoms with Crippen molar-refractivity contribution in [1.29, 1.82) is 0 Å². The van der Waals surface area contributed by atoms with Crippen molar-refractivity contribution < 1.29 is 14.3 Å². The first kappa shape index (κ1) is 19.0. The van der Waals surface area contributed by atoms with Crippen LogP contribution in [0.2, 0.25) is 0 Å². The van der Waals surface area contributed by atoms with E-state index in [1.54, 1.807) is 37.4 Å². The molecule has 5 nitrogen and oxygen atoms in total. The molecule has 0 heterocycles. The van der Waals surface area contributed by atoms with Gasteiger partial charge in [-0.3, -0.25) is 9.59 Å². The maximum atomic E-state index is 12.7. The predicted octanol–water partition coefficient (Wildman–Crippen LogP) is 4.47. The minimum Gasteiger partial charge on any atom is -0.490 e. The molecule has 25 heavy (non-hydrogen) atoms. The summed E-state index contributed by atoms with van der Waals surface area (Å²) in [5.74, 6) is 0.162. The largest absolute Gasteiger partial charge is 0.490 e. The van der Waals surface area contributed by atoms with Gasteiger partial charge in [-0.1, -0.05) is 22.0 Å². The number of rotatable bonds is 5. The van der Waals surface area contributed by atoms with Crippen LogP contribution in [0.5, 0.6) is 5.75 Å². The number of anilines is 2. The van der Waals surface area contributed by atoms with Gasteiger partial charge >= 0.3 is 0 Å². The van der Waals surface area contributed by atoms with Crippen molar-refractivity contribution in [1.82, 2.24) is 0 Å². The summed E-state index contributed by atoms with van der Waals surface area (Å²) in [7, 11) is 1.69. The quantitative estimate of drug-likeness (QED) is 0.799. The molecule has 0 aliphatic rings. The highest BCUT2D eigenvalue weighted by atomic mass is 79.9. The summed E-state index contributed by atoms with van der Waals surface area (Å²) < 4.78 is 6.51. The van der Waals surface area contributed by atoms with Gasteiger partial charge in [0.1, 0.15) is 5.75 Å². The molecular weight excluding hydrogens is 384 g/mol. The van der Waals surface area contributed by atoms with Crippen LogP contribution in [0.15, 0.2) is 46.9 Å². The van der Waals surface area contributed by atoms with Gasteiger partial charge in [0.15, 0.2) is 0 Å². The molecular formula is C19H21BrN2O3. The van der Waals surface area contributed by atoms with Crippen LogP contribution in [-0.4, -0.2) is 25.0 Å². The highest BCUT2D eigenvalue weighted by molar-refractivity contribution is 9.10. The topological polar surface area (TPSA) is 58.6 Å². The van der Waals surface area contributed by atoms with Crippen molar-refractivity contribution in [3.63, 3.8) is 0 Å². The van der Waals surface area contributed by atoms with Gasteiger partial charge in [-0.15, -0.1) is 0 Å². The Bertz CT molecular complexity index is 790. The van der Waals surface area contributed by atoms with Crippen LogP contribution in [0, 0.1) is 0 Å². The number of carbonyl (C=O) groups excluding carboxylic acids is 2. The Morgan fingerprint density at radius 2 is 1.88 bits per heavy atom. The molecule has 0 saturated heterocycles. The summed E-state index contributed by atoms with van der Waals surface area (Å²) >= 11 is 3.38. The number of amides is 2. The van der Waals surface area contributed by atoms with Crippen LogP contribution < -0.4 is 15.0 Å². The molecule has 0 spiro atoms. The monoisotopic (exact) mass is 404 g/mol. The van der Waals surface area contributed by atoms with E-state index in [0.29, 0.717) is 22.7 Å². The summed E-state index contributed by atoms with van der Waals surface area (Å²) in [6, 6.07) is 12.4. The van der Waals surface area contributed by atoms with Crippen molar-refractivity contribution in [3.8, 4) is 5.75 Å². The van der Waals surface area contributed by atoms with Gasteiger partial charge in [0.05, 0.1) is 11.7 Å². The fourth-order valence-electron chi connectivity index (χ4n) is 2.21. The predicted molar refractivity (Wildman–Crippen MR) is 103 cm³/mol. The second-order valence-electron chi connectivity index (χ2n) is 5.89. The number of nitrogens with one attached hydrogen (secondary N) is 1. The molecule has 0 unspecified atom stereocenters. The second-order valence-corrected chi connectivity index (χ2v) is 6.81. The number of carbonyl (C=O) groups is 2. The summed E-state index contributed by atoms with van der Waals surface area (Å²) in [6.45, 7) is 5.30. The number of ether oxygens (including phenoxy) is 1. The molecule has 0 aliphatic carbocycles. The number of hydrogen-bond donors (Lipinski definition) is 1. The maximum Gasteiger partial charge on any atom is 0.259 e. The lowest BCUT2D eigenvalue weighted by Gasteiger charge is -2.17. The number of benzene rings is 2. The average molecular weight is 405 g/mol. The number of halogens is 1. The van der Waals surface area contributed by atoms with Crippen molar-refractivity contribution >= 4 is 39.1 Å². The van der Waals surface area contributed by atoms with E-state index in [4.69, 9.17) is 4.74 Å². The molecule has 0 aromatic heterocycles. The molecule has 0 fully saturated rings. The van der Waals surface area contributed by atoms with Gasteiger partial charge in [0, 0.05) is 29.8 Å².